The topological polar surface area (TPSA) is 340 Å². The number of rotatable bonds is 37. The van der Waals surface area contributed by atoms with Crippen LogP contribution in [0.2, 0.25) is 0 Å². The number of nitrogens with zero attached hydrogens (tertiary/aromatic N) is 5. The van der Waals surface area contributed by atoms with Crippen molar-refractivity contribution in [2.24, 2.45) is 0 Å². The first-order valence-corrected chi connectivity index (χ1v) is 31.9. The Morgan fingerprint density at radius 1 is 0.810 bits per heavy atom. The molecule has 6 rings (SSSR count). The fourth-order valence-electron chi connectivity index (χ4n) is 10.1. The Balaban J connectivity index is 0.998. The molecule has 0 aliphatic carbocycles. The number of ether oxygens (including phenoxy) is 4. The van der Waals surface area contributed by atoms with Crippen LogP contribution in [0.1, 0.15) is 136 Å². The molecule has 0 spiro atoms. The van der Waals surface area contributed by atoms with Gasteiger partial charge < -0.3 is 64.9 Å². The third-order valence-electron chi connectivity index (χ3n) is 15.1. The number of phosphoric ester groups is 2. The average molecular weight is 1180 g/mol. The van der Waals surface area contributed by atoms with Crippen LogP contribution in [0.25, 0.3) is 11.2 Å². The van der Waals surface area contributed by atoms with Gasteiger partial charge in [-0.15, -0.1) is 0 Å². The van der Waals surface area contributed by atoms with Crippen molar-refractivity contribution in [3.8, 4) is 0 Å². The molecule has 5 heterocycles. The first-order chi connectivity index (χ1) is 37.9. The standard InChI is InChI=1S/C51H85N9O16P2S/c1-5-9-10-11-12-13-14-15-16-17-22-27-51(57-28-23-21-26-37(47(64)53-29-30-60(6-2,7-3)8-4)58-50(65)70-31-36-24-19-18-20-25-36)75-44-42(62)39(74-49(44)79-51)33-72-78(68,69)76-77(66,67)71-32-38-41(61)43(63)48(73-38)59-35-56-40-45(52)54-34-55-46(40)59/h18-20,24-25,34-35,37-39,41-44,48-49,57,61-63H,5-17,21-23,26-33H2,1-4H3,(H5-,52,53,54,55,58,64,65,66,67,68,69)/p+1/t37-,38+,39+,41+,42+,43+,44+,48+,49+,51+/m0/s1. The number of quaternary nitrogens is 1. The van der Waals surface area contributed by atoms with E-state index in [1.54, 1.807) is 0 Å². The number of phosphoric acid groups is 2. The number of hydrogen-bond donors (Lipinski definition) is 9. The summed E-state index contributed by atoms with van der Waals surface area (Å²) in [5.41, 5.74) is 6.32. The maximum atomic E-state index is 13.6. The predicted octanol–water partition coefficient (Wildman–Crippen LogP) is 5.90. The highest BCUT2D eigenvalue weighted by Crippen LogP contribution is 2.61. The fraction of sp³-hybridized carbons (Fsp3) is 0.745. The minimum Gasteiger partial charge on any atom is -0.445 e. The lowest BCUT2D eigenvalue weighted by Crippen LogP contribution is -2.53. The van der Waals surface area contributed by atoms with E-state index < -0.39 is 94.3 Å². The second kappa shape index (κ2) is 31.3. The summed E-state index contributed by atoms with van der Waals surface area (Å²) in [5, 5.41) is 41.3. The van der Waals surface area contributed by atoms with E-state index in [0.717, 1.165) is 61.9 Å². The van der Waals surface area contributed by atoms with Gasteiger partial charge in [-0.2, -0.15) is 4.31 Å². The van der Waals surface area contributed by atoms with Crippen molar-refractivity contribution < 1.29 is 80.6 Å². The van der Waals surface area contributed by atoms with Gasteiger partial charge in [0.1, 0.15) is 66.6 Å². The van der Waals surface area contributed by atoms with Gasteiger partial charge in [0, 0.05) is 6.42 Å². The SMILES string of the molecule is CCCCCCCCCCCCC[C@@]1(NCCCC[C@H](NC(=O)OCc2ccccc2)C(=O)NCC[N+](CC)(CC)CC)O[C@@H]2[C@H](O)[C@@H](COP(=O)(O)OP(=O)(O)OC[C@H]3O[C@@H](n4cnc5c(N)ncnc54)[C@H](O)[C@@H]3O)O[C@@H]2S1. The molecule has 0 bridgehead atoms. The highest BCUT2D eigenvalue weighted by atomic mass is 32.2. The number of thioether (sulfide) groups is 1. The van der Waals surface area contributed by atoms with Crippen LogP contribution in [0.5, 0.6) is 0 Å². The second-order valence-electron chi connectivity index (χ2n) is 20.5. The molecule has 3 fully saturated rings. The van der Waals surface area contributed by atoms with Crippen molar-refractivity contribution in [3.05, 3.63) is 48.5 Å². The number of amides is 2. The molecule has 2 amide bonds. The monoisotopic (exact) mass is 1170 g/mol. The maximum absolute atomic E-state index is 13.6. The largest absolute Gasteiger partial charge is 0.481 e. The van der Waals surface area contributed by atoms with Crippen LogP contribution in [0.3, 0.4) is 0 Å². The summed E-state index contributed by atoms with van der Waals surface area (Å²) >= 11 is 1.33. The Labute approximate surface area is 467 Å². The van der Waals surface area contributed by atoms with Crippen molar-refractivity contribution in [2.45, 2.75) is 190 Å². The van der Waals surface area contributed by atoms with Gasteiger partial charge in [-0.1, -0.05) is 113 Å². The third kappa shape index (κ3) is 19.1. The summed E-state index contributed by atoms with van der Waals surface area (Å²) in [6.45, 7) is 11.6. The number of unbranched alkanes of at least 4 members (excludes halogenated alkanes) is 11. The second-order valence-corrected chi connectivity index (χ2v) is 24.9. The fourth-order valence-corrected chi connectivity index (χ4v) is 13.7. The summed E-state index contributed by atoms with van der Waals surface area (Å²) < 4.78 is 66.4. The van der Waals surface area contributed by atoms with Crippen LogP contribution in [0.15, 0.2) is 43.0 Å². The molecule has 79 heavy (non-hydrogen) atoms. The third-order valence-corrected chi connectivity index (χ3v) is 19.1. The minimum atomic E-state index is -5.39. The number of alkyl carbamates (subject to hydrolysis) is 1. The van der Waals surface area contributed by atoms with E-state index >= 15 is 0 Å². The summed E-state index contributed by atoms with van der Waals surface area (Å²) in [5.74, 6) is -0.226. The Kier molecular flexibility index (Phi) is 25.7. The maximum Gasteiger partial charge on any atom is 0.481 e. The number of anilines is 1. The molecule has 3 saturated heterocycles. The lowest BCUT2D eigenvalue weighted by atomic mass is 10.0. The average Bonchev–Trinajstić information content (AvgIpc) is 4.28. The molecule has 446 valence electrons. The van der Waals surface area contributed by atoms with Gasteiger partial charge in [-0.25, -0.2) is 28.9 Å². The molecule has 2 aromatic heterocycles. The molecular weight excluding hydrogens is 1090 g/mol. The first kappa shape index (κ1) is 64.8. The molecule has 25 nitrogen and oxygen atoms in total. The van der Waals surface area contributed by atoms with Crippen molar-refractivity contribution >= 4 is 56.4 Å². The number of aromatic nitrogens is 4. The van der Waals surface area contributed by atoms with E-state index in [0.29, 0.717) is 38.8 Å². The number of benzene rings is 1. The number of imidazole rings is 1. The number of hydrogen-bond acceptors (Lipinski definition) is 20. The quantitative estimate of drug-likeness (QED) is 0.0184. The number of fused-ring (bicyclic) bond motifs is 2. The van der Waals surface area contributed by atoms with E-state index in [1.807, 2.05) is 30.3 Å². The summed E-state index contributed by atoms with van der Waals surface area (Å²) in [4.78, 5) is 59.7. The summed E-state index contributed by atoms with van der Waals surface area (Å²) in [7, 11) is -10.8. The van der Waals surface area contributed by atoms with E-state index in [1.165, 1.54) is 73.9 Å². The highest BCUT2D eigenvalue weighted by Gasteiger charge is 2.57. The van der Waals surface area contributed by atoms with Crippen molar-refractivity contribution in [3.63, 3.8) is 0 Å². The lowest BCUT2D eigenvalue weighted by Gasteiger charge is -2.36. The van der Waals surface area contributed by atoms with Gasteiger partial charge in [-0.3, -0.25) is 23.7 Å². The van der Waals surface area contributed by atoms with Crippen LogP contribution in [0.4, 0.5) is 10.6 Å². The molecule has 3 aliphatic heterocycles. The summed E-state index contributed by atoms with van der Waals surface area (Å²) in [6, 6.07) is 8.45. The Bertz CT molecular complexity index is 2430. The number of carbonyl (C=O) groups is 2. The van der Waals surface area contributed by atoms with Crippen molar-refractivity contribution in [1.29, 1.82) is 0 Å². The molecule has 0 saturated carbocycles. The number of aliphatic hydroxyl groups excluding tert-OH is 3. The smallest absolute Gasteiger partial charge is 0.445 e. The van der Waals surface area contributed by atoms with Crippen molar-refractivity contribution in [2.75, 3.05) is 58.2 Å². The van der Waals surface area contributed by atoms with Crippen LogP contribution in [-0.2, 0) is 52.8 Å². The number of nitrogens with two attached hydrogens (primary N) is 1. The number of nitrogen functional groups attached to an aromatic ring is 1. The van der Waals surface area contributed by atoms with E-state index in [2.05, 4.69) is 62.9 Å². The van der Waals surface area contributed by atoms with Crippen LogP contribution >= 0.6 is 27.4 Å². The molecule has 1 aromatic carbocycles. The molecule has 3 aromatic rings. The normalized spacial score (nSPS) is 25.9. The van der Waals surface area contributed by atoms with Crippen LogP contribution < -0.4 is 21.7 Å². The number of nitrogens with one attached hydrogen (secondary N) is 3. The van der Waals surface area contributed by atoms with Gasteiger partial charge in [0.05, 0.1) is 52.3 Å². The Morgan fingerprint density at radius 3 is 2.08 bits per heavy atom. The van der Waals surface area contributed by atoms with E-state index in [-0.39, 0.29) is 29.5 Å². The van der Waals surface area contributed by atoms with Gasteiger partial charge in [0.25, 0.3) is 0 Å². The number of carbonyl (C=O) groups excluding carboxylic acids is 2. The Hall–Kier alpha value is -3.40. The molecule has 12 atom stereocenters. The highest BCUT2D eigenvalue weighted by molar-refractivity contribution is 8.01. The molecule has 0 radical (unpaired) electrons. The molecule has 28 heteroatoms. The molecular formula is C51H86N9O16P2S+. The van der Waals surface area contributed by atoms with Gasteiger partial charge in [0.15, 0.2) is 22.7 Å². The Morgan fingerprint density at radius 2 is 1.44 bits per heavy atom. The van der Waals surface area contributed by atoms with Crippen LogP contribution in [0, 0.1) is 0 Å². The van der Waals surface area contributed by atoms with E-state index in [4.69, 9.17) is 33.7 Å². The molecule has 3 aliphatic rings. The lowest BCUT2D eigenvalue weighted by molar-refractivity contribution is -0.922. The van der Waals surface area contributed by atoms with Gasteiger partial charge >= 0.3 is 21.7 Å². The first-order valence-electron chi connectivity index (χ1n) is 28.0. The minimum absolute atomic E-state index is 0.0567. The molecule has 10 N–H and O–H groups in total. The zero-order valence-corrected chi connectivity index (χ0v) is 48.7. The zero-order chi connectivity index (χ0) is 57.1. The van der Waals surface area contributed by atoms with Crippen molar-refractivity contribution in [1.82, 2.24) is 35.5 Å². The molecule has 2 unspecified atom stereocenters. The number of likely N-dealkylation sites (N-methyl/N-ethyl adjacent to an activating group) is 1. The van der Waals surface area contributed by atoms with Crippen LogP contribution in [-0.4, -0.2) is 167 Å². The predicted molar refractivity (Wildman–Crippen MR) is 294 cm³/mol. The van der Waals surface area contributed by atoms with Gasteiger partial charge in [-0.05, 0) is 58.6 Å². The zero-order valence-electron chi connectivity index (χ0n) is 46.1. The van der Waals surface area contributed by atoms with Gasteiger partial charge in [0.2, 0.25) is 5.91 Å². The van der Waals surface area contributed by atoms with E-state index in [9.17, 15) is 43.8 Å². The number of aliphatic hydroxyl groups is 3. The summed E-state index contributed by atoms with van der Waals surface area (Å²) in [6.07, 6.45) is 7.10.